The van der Waals surface area contributed by atoms with E-state index in [1.54, 1.807) is 25.3 Å². The fraction of sp³-hybridized carbons (Fsp3) is 0.182. The van der Waals surface area contributed by atoms with Crippen molar-refractivity contribution in [1.82, 2.24) is 14.9 Å². The molecule has 0 aliphatic carbocycles. The number of ether oxygens (including phenoxy) is 2. The van der Waals surface area contributed by atoms with Crippen molar-refractivity contribution in [3.63, 3.8) is 0 Å². The summed E-state index contributed by atoms with van der Waals surface area (Å²) >= 11 is 1.14. The number of nitrogens with one attached hydrogen (secondary N) is 2. The molecule has 0 unspecified atom stereocenters. The maximum Gasteiger partial charge on any atom is 0.264 e. The summed E-state index contributed by atoms with van der Waals surface area (Å²) < 4.78 is 11.7. The highest BCUT2D eigenvalue weighted by Gasteiger charge is 2.14. The van der Waals surface area contributed by atoms with Gasteiger partial charge in [-0.1, -0.05) is 48.2 Å². The maximum absolute atomic E-state index is 12.4. The van der Waals surface area contributed by atoms with Crippen LogP contribution in [0.25, 0.3) is 6.08 Å². The van der Waals surface area contributed by atoms with Crippen molar-refractivity contribution in [3.05, 3.63) is 60.2 Å². The van der Waals surface area contributed by atoms with Crippen molar-refractivity contribution in [2.24, 2.45) is 5.10 Å². The van der Waals surface area contributed by atoms with Crippen molar-refractivity contribution in [1.29, 1.82) is 0 Å². The van der Waals surface area contributed by atoms with E-state index in [9.17, 15) is 4.79 Å². The Morgan fingerprint density at radius 1 is 1.18 bits per heavy atom. The lowest BCUT2D eigenvalue weighted by atomic mass is 10.2. The fourth-order valence-corrected chi connectivity index (χ4v) is 3.29. The lowest BCUT2D eigenvalue weighted by Crippen LogP contribution is -2.17. The molecule has 1 amide bonds. The van der Waals surface area contributed by atoms with Crippen LogP contribution >= 0.6 is 11.8 Å². The molecule has 0 bridgehead atoms. The quantitative estimate of drug-likeness (QED) is 0.179. The number of rotatable bonds is 10. The molecule has 0 atom stereocenters. The van der Waals surface area contributed by atoms with Crippen molar-refractivity contribution < 1.29 is 14.3 Å². The molecule has 1 aromatic heterocycles. The first-order chi connectivity index (χ1) is 16.0. The van der Waals surface area contributed by atoms with E-state index in [0.717, 1.165) is 23.0 Å². The molecule has 0 fully saturated rings. The zero-order chi connectivity index (χ0) is 23.6. The molecule has 0 saturated carbocycles. The molecule has 11 heteroatoms. The van der Waals surface area contributed by atoms with E-state index in [0.29, 0.717) is 22.3 Å². The van der Waals surface area contributed by atoms with E-state index in [2.05, 4.69) is 26.0 Å². The zero-order valence-electron chi connectivity index (χ0n) is 18.5. The molecule has 10 nitrogen and oxygen atoms in total. The van der Waals surface area contributed by atoms with E-state index in [1.807, 2.05) is 49.4 Å². The van der Waals surface area contributed by atoms with Crippen LogP contribution in [-0.4, -0.2) is 46.5 Å². The first kappa shape index (κ1) is 23.7. The normalized spacial score (nSPS) is 11.4. The first-order valence-corrected chi connectivity index (χ1v) is 10.9. The number of methoxy groups -OCH3 is 2. The number of allylic oxidation sites excluding steroid dienone is 1. The van der Waals surface area contributed by atoms with Gasteiger partial charge in [-0.15, -0.1) is 10.2 Å². The number of hydrogen-bond acceptors (Lipinski definition) is 9. The number of anilines is 2. The molecule has 33 heavy (non-hydrogen) atoms. The number of hydrogen-bond donors (Lipinski definition) is 3. The fourth-order valence-electron chi connectivity index (χ4n) is 2.64. The number of thioether (sulfide) groups is 1. The third-order valence-electron chi connectivity index (χ3n) is 4.33. The van der Waals surface area contributed by atoms with Gasteiger partial charge in [-0.2, -0.15) is 5.10 Å². The molecular weight excluding hydrogens is 442 g/mol. The Balaban J connectivity index is 1.55. The number of nitrogens with two attached hydrogens (primary N) is 1. The third-order valence-corrected chi connectivity index (χ3v) is 5.27. The highest BCUT2D eigenvalue weighted by Crippen LogP contribution is 2.29. The Morgan fingerprint density at radius 3 is 2.70 bits per heavy atom. The average molecular weight is 468 g/mol. The molecule has 0 radical (unpaired) electrons. The summed E-state index contributed by atoms with van der Waals surface area (Å²) in [6.07, 6.45) is 3.82. The van der Waals surface area contributed by atoms with Gasteiger partial charge in [-0.3, -0.25) is 4.79 Å². The molecule has 0 spiro atoms. The van der Waals surface area contributed by atoms with E-state index in [4.69, 9.17) is 15.3 Å². The Labute approximate surface area is 195 Å². The molecule has 3 rings (SSSR count). The van der Waals surface area contributed by atoms with Crippen LogP contribution in [0.1, 0.15) is 12.5 Å². The second-order valence-corrected chi connectivity index (χ2v) is 7.63. The van der Waals surface area contributed by atoms with Gasteiger partial charge in [0.25, 0.3) is 5.95 Å². The van der Waals surface area contributed by atoms with Crippen molar-refractivity contribution in [3.8, 4) is 11.5 Å². The number of amides is 1. The highest BCUT2D eigenvalue weighted by molar-refractivity contribution is 7.99. The van der Waals surface area contributed by atoms with E-state index < -0.39 is 0 Å². The third kappa shape index (κ3) is 6.74. The lowest BCUT2D eigenvalue weighted by Gasteiger charge is -2.11. The number of carbonyl (C=O) groups is 1. The minimum atomic E-state index is -0.260. The van der Waals surface area contributed by atoms with E-state index in [1.165, 1.54) is 11.8 Å². The molecule has 4 N–H and O–H groups in total. The van der Waals surface area contributed by atoms with Crippen molar-refractivity contribution >= 4 is 41.1 Å². The van der Waals surface area contributed by atoms with Gasteiger partial charge in [-0.05, 0) is 30.7 Å². The summed E-state index contributed by atoms with van der Waals surface area (Å²) in [7, 11) is 3.08. The zero-order valence-corrected chi connectivity index (χ0v) is 19.3. The average Bonchev–Trinajstić information content (AvgIpc) is 3.19. The first-order valence-electron chi connectivity index (χ1n) is 9.88. The van der Waals surface area contributed by atoms with Crippen molar-refractivity contribution in [2.45, 2.75) is 12.1 Å². The predicted octanol–water partition coefficient (Wildman–Crippen LogP) is 3.24. The van der Waals surface area contributed by atoms with Crippen LogP contribution in [0.5, 0.6) is 11.5 Å². The van der Waals surface area contributed by atoms with Gasteiger partial charge < -0.3 is 20.6 Å². The largest absolute Gasteiger partial charge is 0.497 e. The molecule has 2 aromatic carbocycles. The Kier molecular flexibility index (Phi) is 8.30. The standard InChI is InChI=1S/C22H25N7O3S/c1-15(9-10-16-7-5-4-6-8-16)25-26-21-27-28-22(29(21)23)33-14-20(30)24-18-13-17(31-2)11-12-19(18)32-3/h4-13H,14,23H2,1-3H3,(H,24,30)(H,26,27)/b10-9+,25-15+. The molecule has 3 aromatic rings. The highest BCUT2D eigenvalue weighted by atomic mass is 32.2. The van der Waals surface area contributed by atoms with Crippen LogP contribution in [0.15, 0.2) is 64.9 Å². The second kappa shape index (κ2) is 11.6. The number of hydrazone groups is 1. The molecule has 0 aliphatic heterocycles. The Hall–Kier alpha value is -3.99. The molecule has 1 heterocycles. The molecule has 172 valence electrons. The summed E-state index contributed by atoms with van der Waals surface area (Å²) in [4.78, 5) is 12.4. The number of benzene rings is 2. The van der Waals surface area contributed by atoms with E-state index in [-0.39, 0.29) is 17.6 Å². The van der Waals surface area contributed by atoms with E-state index >= 15 is 0 Å². The SMILES string of the molecule is COc1ccc(OC)c(NC(=O)CSc2nnc(N/N=C(C)/C=C/c3ccccc3)n2N)c1. The number of nitrogens with zero attached hydrogens (tertiary/aromatic N) is 4. The Bertz CT molecular complexity index is 1150. The molecule has 0 aliphatic rings. The van der Waals surface area contributed by atoms with Gasteiger partial charge in [0, 0.05) is 6.07 Å². The van der Waals surface area contributed by atoms with Crippen LogP contribution in [0.2, 0.25) is 0 Å². The minimum absolute atomic E-state index is 0.0673. The summed E-state index contributed by atoms with van der Waals surface area (Å²) in [5.41, 5.74) is 5.08. The number of aromatic nitrogens is 3. The molecular formula is C22H25N7O3S. The van der Waals surface area contributed by atoms with Gasteiger partial charge in [-0.25, -0.2) is 10.1 Å². The topological polar surface area (TPSA) is 129 Å². The van der Waals surface area contributed by atoms with Gasteiger partial charge in [0.15, 0.2) is 0 Å². The van der Waals surface area contributed by atoms with Gasteiger partial charge in [0.2, 0.25) is 11.1 Å². The van der Waals surface area contributed by atoms with Gasteiger partial charge in [0.1, 0.15) is 11.5 Å². The Morgan fingerprint density at radius 2 is 1.97 bits per heavy atom. The summed E-state index contributed by atoms with van der Waals surface area (Å²) in [5.74, 6) is 7.21. The number of carbonyl (C=O) groups excluding carboxylic acids is 1. The lowest BCUT2D eigenvalue weighted by molar-refractivity contribution is -0.113. The summed E-state index contributed by atoms with van der Waals surface area (Å²) in [6, 6.07) is 15.0. The molecule has 0 saturated heterocycles. The van der Waals surface area contributed by atoms with Gasteiger partial charge in [0.05, 0.1) is 31.4 Å². The summed E-state index contributed by atoms with van der Waals surface area (Å²) in [6.45, 7) is 1.84. The van der Waals surface area contributed by atoms with Crippen LogP contribution in [-0.2, 0) is 4.79 Å². The predicted molar refractivity (Wildman–Crippen MR) is 131 cm³/mol. The number of nitrogen functional groups attached to an aromatic ring is 1. The van der Waals surface area contributed by atoms with Crippen LogP contribution < -0.4 is 26.1 Å². The van der Waals surface area contributed by atoms with Crippen LogP contribution in [0.3, 0.4) is 0 Å². The second-order valence-electron chi connectivity index (χ2n) is 6.69. The van der Waals surface area contributed by atoms with Crippen LogP contribution in [0, 0.1) is 0 Å². The minimum Gasteiger partial charge on any atom is -0.497 e. The van der Waals surface area contributed by atoms with Crippen molar-refractivity contribution in [2.75, 3.05) is 36.6 Å². The smallest absolute Gasteiger partial charge is 0.264 e. The summed E-state index contributed by atoms with van der Waals surface area (Å²) in [5, 5.41) is 15.4. The monoisotopic (exact) mass is 467 g/mol. The van der Waals surface area contributed by atoms with Crippen LogP contribution in [0.4, 0.5) is 11.6 Å². The maximum atomic E-state index is 12.4. The van der Waals surface area contributed by atoms with Gasteiger partial charge >= 0.3 is 0 Å².